The van der Waals surface area contributed by atoms with Crippen molar-refractivity contribution in [3.05, 3.63) is 42.6 Å². The van der Waals surface area contributed by atoms with E-state index in [0.29, 0.717) is 5.75 Å². The number of esters is 1. The molecule has 7 atom stereocenters. The quantitative estimate of drug-likeness (QED) is 0.102. The number of nitrogens with zero attached hydrogens (tertiary/aromatic N) is 1. The first-order valence-electron chi connectivity index (χ1n) is 11.5. The van der Waals surface area contributed by atoms with Gasteiger partial charge in [0.25, 0.3) is 0 Å². The number of para-hydroxylation sites is 1. The maximum Gasteiger partial charge on any atom is 0.323 e. The molecular formula is C23H29IN3O9PS. The highest BCUT2D eigenvalue weighted by Crippen LogP contribution is 2.46. The van der Waals surface area contributed by atoms with Crippen molar-refractivity contribution < 1.29 is 43.4 Å². The Morgan fingerprint density at radius 2 is 2.03 bits per heavy atom. The third-order valence-electron chi connectivity index (χ3n) is 5.39. The van der Waals surface area contributed by atoms with Gasteiger partial charge in [-0.25, -0.2) is 5.09 Å². The summed E-state index contributed by atoms with van der Waals surface area (Å²) in [6, 6.07) is 7.68. The van der Waals surface area contributed by atoms with Crippen LogP contribution in [0.2, 0.25) is 0 Å². The Hall–Kier alpha value is -1.80. The minimum Gasteiger partial charge on any atom is -0.462 e. The van der Waals surface area contributed by atoms with E-state index in [-0.39, 0.29) is 12.7 Å². The Bertz CT molecular complexity index is 1150. The summed E-state index contributed by atoms with van der Waals surface area (Å²) in [5.41, 5.74) is -2.17. The topological polar surface area (TPSA) is 159 Å². The summed E-state index contributed by atoms with van der Waals surface area (Å²) in [5, 5.41) is 37.7. The summed E-state index contributed by atoms with van der Waals surface area (Å²) in [6.45, 7) is 1.13. The fourth-order valence-corrected chi connectivity index (χ4v) is 6.46. The van der Waals surface area contributed by atoms with Crippen molar-refractivity contribution in [2.45, 2.75) is 63.3 Å². The van der Waals surface area contributed by atoms with E-state index in [4.69, 9.17) is 30.3 Å². The lowest BCUT2D eigenvalue weighted by molar-refractivity contribution is -0.164. The largest absolute Gasteiger partial charge is 0.462 e. The van der Waals surface area contributed by atoms with Gasteiger partial charge in [0.1, 0.15) is 24.0 Å². The Balaban J connectivity index is 1.82. The number of nitrogens with one attached hydrogen (secondary N) is 2. The van der Waals surface area contributed by atoms with Gasteiger partial charge in [0.05, 0.1) is 12.7 Å². The molecule has 5 N–H and O–H groups in total. The van der Waals surface area contributed by atoms with E-state index in [9.17, 15) is 24.9 Å². The number of halogens is 1. The highest BCUT2D eigenvalue weighted by molar-refractivity contribution is 14.1. The average molecular weight is 681 g/mol. The van der Waals surface area contributed by atoms with Crippen LogP contribution < -0.4 is 14.9 Å². The van der Waals surface area contributed by atoms with Crippen molar-refractivity contribution in [2.24, 2.45) is 0 Å². The number of ether oxygens (including phenoxy) is 2. The second-order valence-corrected chi connectivity index (χ2v) is 12.4. The maximum absolute atomic E-state index is 12.4. The SMILES string of the molecule is CC(C)OC(=O)C(C)NP(=S)(OC[C@H]1O[C@@H](N2C=CC(=O)NC2O)[C@@](O)(C#CI)[C@@H]1O)Oc1ccccc1. The molecule has 0 spiro atoms. The van der Waals surface area contributed by atoms with Crippen LogP contribution >= 0.6 is 29.2 Å². The summed E-state index contributed by atoms with van der Waals surface area (Å²) < 4.78 is 25.5. The van der Waals surface area contributed by atoms with Crippen LogP contribution in [0.15, 0.2) is 42.6 Å². The zero-order chi connectivity index (χ0) is 28.1. The molecular weight excluding hydrogens is 652 g/mol. The lowest BCUT2D eigenvalue weighted by atomic mass is 9.94. The monoisotopic (exact) mass is 681 g/mol. The van der Waals surface area contributed by atoms with Gasteiger partial charge in [-0.05, 0) is 54.6 Å². The second-order valence-electron chi connectivity index (χ2n) is 8.70. The van der Waals surface area contributed by atoms with Gasteiger partial charge in [-0.2, -0.15) is 0 Å². The predicted molar refractivity (Wildman–Crippen MR) is 148 cm³/mol. The fourth-order valence-electron chi connectivity index (χ4n) is 3.61. The van der Waals surface area contributed by atoms with Crippen molar-refractivity contribution in [3.8, 4) is 15.6 Å². The van der Waals surface area contributed by atoms with Crippen molar-refractivity contribution in [3.63, 3.8) is 0 Å². The zero-order valence-corrected chi connectivity index (χ0v) is 24.6. The number of aliphatic hydroxyl groups is 3. The molecule has 0 radical (unpaired) electrons. The van der Waals surface area contributed by atoms with Crippen molar-refractivity contribution in [2.75, 3.05) is 6.61 Å². The fraction of sp³-hybridized carbons (Fsp3) is 0.478. The van der Waals surface area contributed by atoms with E-state index in [2.05, 4.69) is 20.3 Å². The smallest absolute Gasteiger partial charge is 0.323 e. The second kappa shape index (κ2) is 13.0. The number of carbonyl (C=O) groups is 2. The molecule has 3 rings (SSSR count). The number of benzene rings is 1. The van der Waals surface area contributed by atoms with Crippen molar-refractivity contribution in [1.82, 2.24) is 15.3 Å². The number of hydrogen-bond acceptors (Lipinski definition) is 11. The van der Waals surface area contributed by atoms with Gasteiger partial charge in [-0.15, -0.1) is 0 Å². The van der Waals surface area contributed by atoms with Gasteiger partial charge in [0.2, 0.25) is 12.3 Å². The zero-order valence-electron chi connectivity index (χ0n) is 20.7. The molecule has 2 aliphatic heterocycles. The summed E-state index contributed by atoms with van der Waals surface area (Å²) in [4.78, 5) is 25.1. The molecule has 2 heterocycles. The molecule has 1 fully saturated rings. The normalized spacial score (nSPS) is 29.2. The van der Waals surface area contributed by atoms with E-state index >= 15 is 0 Å². The van der Waals surface area contributed by atoms with E-state index < -0.39 is 54.9 Å². The van der Waals surface area contributed by atoms with E-state index in [1.54, 1.807) is 73.7 Å². The Kier molecular flexibility index (Phi) is 10.5. The van der Waals surface area contributed by atoms with Crippen LogP contribution in [0.5, 0.6) is 5.75 Å². The molecule has 38 heavy (non-hydrogen) atoms. The van der Waals surface area contributed by atoms with Crippen LogP contribution in [-0.2, 0) is 35.4 Å². The first-order chi connectivity index (χ1) is 17.9. The third kappa shape index (κ3) is 7.44. The summed E-state index contributed by atoms with van der Waals surface area (Å²) in [6.07, 6.45) is -3.75. The van der Waals surface area contributed by atoms with Gasteiger partial charge in [0.15, 0.2) is 11.8 Å². The van der Waals surface area contributed by atoms with Gasteiger partial charge in [0, 0.05) is 34.9 Å². The lowest BCUT2D eigenvalue weighted by Gasteiger charge is -2.38. The highest BCUT2D eigenvalue weighted by Gasteiger charge is 2.58. The Morgan fingerprint density at radius 1 is 1.34 bits per heavy atom. The third-order valence-corrected chi connectivity index (χ3v) is 8.16. The predicted octanol–water partition coefficient (Wildman–Crippen LogP) is 0.670. The molecule has 15 heteroatoms. The van der Waals surface area contributed by atoms with Crippen LogP contribution in [-0.4, -0.2) is 81.2 Å². The van der Waals surface area contributed by atoms with E-state index in [1.165, 1.54) is 6.20 Å². The number of hydrogen-bond donors (Lipinski definition) is 5. The molecule has 12 nitrogen and oxygen atoms in total. The van der Waals surface area contributed by atoms with Crippen molar-refractivity contribution in [1.29, 1.82) is 0 Å². The molecule has 0 saturated carbocycles. The summed E-state index contributed by atoms with van der Waals surface area (Å²) in [7, 11) is 0. The number of amides is 1. The average Bonchev–Trinajstić information content (AvgIpc) is 3.08. The van der Waals surface area contributed by atoms with Crippen LogP contribution in [0, 0.1) is 9.85 Å². The number of rotatable bonds is 10. The molecule has 2 aliphatic rings. The molecule has 3 unspecified atom stereocenters. The molecule has 1 aromatic carbocycles. The first kappa shape index (κ1) is 30.7. The van der Waals surface area contributed by atoms with Crippen LogP contribution in [0.25, 0.3) is 0 Å². The van der Waals surface area contributed by atoms with Crippen LogP contribution in [0.3, 0.4) is 0 Å². The summed E-state index contributed by atoms with van der Waals surface area (Å²) in [5.74, 6) is 1.78. The molecule has 208 valence electrons. The Labute approximate surface area is 239 Å². The Morgan fingerprint density at radius 3 is 2.63 bits per heavy atom. The van der Waals surface area contributed by atoms with Gasteiger partial charge < -0.3 is 44.1 Å². The number of carbonyl (C=O) groups excluding carboxylic acids is 2. The highest BCUT2D eigenvalue weighted by atomic mass is 127. The van der Waals surface area contributed by atoms with E-state index in [1.807, 2.05) is 0 Å². The molecule has 1 amide bonds. The van der Waals surface area contributed by atoms with Crippen molar-refractivity contribution >= 4 is 52.9 Å². The van der Waals surface area contributed by atoms with Gasteiger partial charge in [-0.3, -0.25) is 9.59 Å². The molecule has 1 saturated heterocycles. The van der Waals surface area contributed by atoms with Crippen LogP contribution in [0.4, 0.5) is 0 Å². The minimum atomic E-state index is -3.46. The number of aliphatic hydroxyl groups excluding tert-OH is 2. The molecule has 0 aromatic heterocycles. The standard InChI is InChI=1S/C23H29IN3O9PS/c1-14(2)34-20(30)15(3)26-37(38,36-16-7-5-4-6-8-16)33-13-17-19(29)23(32,10-11-24)21(35-17)27-12-9-18(28)25-22(27)31/h4-9,12,14-15,17,19,21-22,29,31-32H,13H2,1-3H3,(H,25,28)(H,26,38)/t15?,17-,19-,21-,22?,23-,37?/m1/s1. The van der Waals surface area contributed by atoms with Gasteiger partial charge in [-0.1, -0.05) is 18.2 Å². The summed E-state index contributed by atoms with van der Waals surface area (Å²) >= 11 is 7.37. The molecule has 0 bridgehead atoms. The first-order valence-corrected chi connectivity index (χ1v) is 15.2. The minimum absolute atomic E-state index is 0.347. The van der Waals surface area contributed by atoms with Crippen LogP contribution in [0.1, 0.15) is 20.8 Å². The maximum atomic E-state index is 12.4. The van der Waals surface area contributed by atoms with Gasteiger partial charge >= 0.3 is 12.6 Å². The van der Waals surface area contributed by atoms with E-state index in [0.717, 1.165) is 11.0 Å². The molecule has 0 aliphatic carbocycles. The molecule has 1 aromatic rings. The lowest BCUT2D eigenvalue weighted by Crippen LogP contribution is -2.60.